The van der Waals surface area contributed by atoms with Gasteiger partial charge in [0.15, 0.2) is 0 Å². The van der Waals surface area contributed by atoms with Crippen LogP contribution in [0.2, 0.25) is 0 Å². The van der Waals surface area contributed by atoms with Crippen molar-refractivity contribution in [3.05, 3.63) is 29.8 Å². The fourth-order valence-corrected chi connectivity index (χ4v) is 4.45. The number of aliphatic hydroxyl groups is 1. The lowest BCUT2D eigenvalue weighted by Crippen LogP contribution is -2.44. The van der Waals surface area contributed by atoms with Gasteiger partial charge in [-0.25, -0.2) is 0 Å². The fourth-order valence-electron chi connectivity index (χ4n) is 4.45. The largest absolute Gasteiger partial charge is 0.508 e. The van der Waals surface area contributed by atoms with Crippen molar-refractivity contribution in [3.63, 3.8) is 0 Å². The third kappa shape index (κ3) is 3.64. The summed E-state index contributed by atoms with van der Waals surface area (Å²) in [5.74, 6) is 2.11. The van der Waals surface area contributed by atoms with Crippen LogP contribution < -0.4 is 5.32 Å². The fraction of sp³-hybridized carbons (Fsp3) is 0.684. The molecular weight excluding hydrogens is 274 g/mol. The summed E-state index contributed by atoms with van der Waals surface area (Å²) >= 11 is 0. The molecule has 0 radical (unpaired) electrons. The van der Waals surface area contributed by atoms with Crippen molar-refractivity contribution >= 4 is 0 Å². The number of hydrogen-bond acceptors (Lipinski definition) is 3. The predicted molar refractivity (Wildman–Crippen MR) is 88.8 cm³/mol. The Labute approximate surface area is 133 Å². The van der Waals surface area contributed by atoms with Gasteiger partial charge in [0.1, 0.15) is 5.75 Å². The number of nitrogens with one attached hydrogen (secondary N) is 1. The van der Waals surface area contributed by atoms with Crippen LogP contribution in [-0.2, 0) is 0 Å². The van der Waals surface area contributed by atoms with Crippen molar-refractivity contribution in [3.8, 4) is 5.75 Å². The zero-order valence-electron chi connectivity index (χ0n) is 13.5. The zero-order chi connectivity index (χ0) is 15.5. The molecule has 0 amide bonds. The highest BCUT2D eigenvalue weighted by Gasteiger charge is 2.33. The first-order chi connectivity index (χ1) is 10.6. The van der Waals surface area contributed by atoms with E-state index in [2.05, 4.69) is 12.2 Å². The quantitative estimate of drug-likeness (QED) is 0.794. The Morgan fingerprint density at radius 2 is 1.68 bits per heavy atom. The number of benzene rings is 1. The van der Waals surface area contributed by atoms with E-state index in [1.807, 2.05) is 0 Å². The van der Waals surface area contributed by atoms with Gasteiger partial charge in [-0.1, -0.05) is 37.8 Å². The molecule has 0 spiro atoms. The van der Waals surface area contributed by atoms with Crippen LogP contribution in [0.3, 0.4) is 0 Å². The number of aromatic hydroxyl groups is 1. The van der Waals surface area contributed by atoms with Gasteiger partial charge in [-0.05, 0) is 55.7 Å². The molecule has 1 aromatic carbocycles. The molecule has 0 unspecified atom stereocenters. The molecule has 3 nitrogen and oxygen atoms in total. The van der Waals surface area contributed by atoms with E-state index in [-0.39, 0.29) is 11.8 Å². The number of aliphatic hydroxyl groups excluding tert-OH is 1. The maximum atomic E-state index is 10.5. The van der Waals surface area contributed by atoms with Gasteiger partial charge in [-0.3, -0.25) is 0 Å². The normalized spacial score (nSPS) is 31.3. The molecule has 0 saturated heterocycles. The van der Waals surface area contributed by atoms with Gasteiger partial charge < -0.3 is 15.5 Å². The van der Waals surface area contributed by atoms with Gasteiger partial charge in [0.25, 0.3) is 0 Å². The van der Waals surface area contributed by atoms with E-state index in [9.17, 15) is 10.2 Å². The number of phenolic OH excluding ortho intramolecular Hbond substituents is 1. The number of phenols is 1. The monoisotopic (exact) mass is 303 g/mol. The van der Waals surface area contributed by atoms with E-state index in [0.29, 0.717) is 6.04 Å². The molecule has 2 aliphatic carbocycles. The number of rotatable bonds is 4. The van der Waals surface area contributed by atoms with Gasteiger partial charge in [0.2, 0.25) is 0 Å². The van der Waals surface area contributed by atoms with Gasteiger partial charge in [-0.15, -0.1) is 0 Å². The summed E-state index contributed by atoms with van der Waals surface area (Å²) in [4.78, 5) is 0. The zero-order valence-corrected chi connectivity index (χ0v) is 13.5. The Morgan fingerprint density at radius 3 is 2.41 bits per heavy atom. The molecule has 2 aliphatic rings. The third-order valence-corrected chi connectivity index (χ3v) is 5.75. The summed E-state index contributed by atoms with van der Waals surface area (Å²) in [6.07, 6.45) is 9.01. The van der Waals surface area contributed by atoms with E-state index in [0.717, 1.165) is 17.4 Å². The summed E-state index contributed by atoms with van der Waals surface area (Å²) in [7, 11) is 0. The molecule has 3 N–H and O–H groups in total. The van der Waals surface area contributed by atoms with E-state index in [4.69, 9.17) is 0 Å². The van der Waals surface area contributed by atoms with Gasteiger partial charge in [0.05, 0.1) is 6.10 Å². The maximum Gasteiger partial charge on any atom is 0.115 e. The SMILES string of the molecule is C[C@H](N[C@@H]1CC[C@@H]2CCCC[C@H]2C1)[C@@H](O)c1ccc(O)cc1. The molecule has 22 heavy (non-hydrogen) atoms. The van der Waals surface area contributed by atoms with Crippen LogP contribution in [0.25, 0.3) is 0 Å². The summed E-state index contributed by atoms with van der Waals surface area (Å²) in [5, 5.41) is 23.5. The van der Waals surface area contributed by atoms with E-state index >= 15 is 0 Å². The third-order valence-electron chi connectivity index (χ3n) is 5.75. The molecular formula is C19H29NO2. The minimum atomic E-state index is -0.523. The standard InChI is InChI=1S/C19H29NO2/c1-13(19(22)15-7-10-18(21)11-8-15)20-17-9-6-14-4-2-3-5-16(14)12-17/h7-8,10-11,13-14,16-17,19-22H,2-6,9,12H2,1H3/t13-,14-,16-,17+,19+/m0/s1. The topological polar surface area (TPSA) is 52.5 Å². The Hall–Kier alpha value is -1.06. The Bertz CT molecular complexity index is 473. The molecule has 1 aromatic rings. The molecule has 3 heteroatoms. The predicted octanol–water partition coefficient (Wildman–Crippen LogP) is 3.76. The summed E-state index contributed by atoms with van der Waals surface area (Å²) in [6, 6.07) is 7.46. The van der Waals surface area contributed by atoms with Crippen LogP contribution in [-0.4, -0.2) is 22.3 Å². The van der Waals surface area contributed by atoms with Crippen molar-refractivity contribution < 1.29 is 10.2 Å². The molecule has 0 aliphatic heterocycles. The van der Waals surface area contributed by atoms with E-state index < -0.39 is 6.10 Å². The van der Waals surface area contributed by atoms with Gasteiger partial charge >= 0.3 is 0 Å². The maximum absolute atomic E-state index is 10.5. The first kappa shape index (κ1) is 15.8. The molecule has 122 valence electrons. The summed E-state index contributed by atoms with van der Waals surface area (Å²) < 4.78 is 0. The average Bonchev–Trinajstić information content (AvgIpc) is 2.55. The first-order valence-electron chi connectivity index (χ1n) is 8.86. The van der Waals surface area contributed by atoms with Crippen molar-refractivity contribution in [1.29, 1.82) is 0 Å². The van der Waals surface area contributed by atoms with Crippen molar-refractivity contribution in [2.24, 2.45) is 11.8 Å². The summed E-state index contributed by atoms with van der Waals surface area (Å²) in [5.41, 5.74) is 0.865. The minimum absolute atomic E-state index is 0.0367. The number of hydrogen-bond donors (Lipinski definition) is 3. The van der Waals surface area contributed by atoms with Crippen LogP contribution in [0.15, 0.2) is 24.3 Å². The molecule has 0 heterocycles. The Kier molecular flexibility index (Phi) is 5.04. The van der Waals surface area contributed by atoms with E-state index in [1.165, 1.54) is 44.9 Å². The van der Waals surface area contributed by atoms with Crippen LogP contribution in [0, 0.1) is 11.8 Å². The molecule has 2 fully saturated rings. The summed E-state index contributed by atoms with van der Waals surface area (Å²) in [6.45, 7) is 2.06. The highest BCUT2D eigenvalue weighted by molar-refractivity contribution is 5.27. The second-order valence-electron chi connectivity index (χ2n) is 7.31. The van der Waals surface area contributed by atoms with E-state index in [1.54, 1.807) is 24.3 Å². The van der Waals surface area contributed by atoms with Crippen molar-refractivity contribution in [2.45, 2.75) is 70.1 Å². The highest BCUT2D eigenvalue weighted by atomic mass is 16.3. The van der Waals surface area contributed by atoms with Crippen LogP contribution >= 0.6 is 0 Å². The lowest BCUT2D eigenvalue weighted by Gasteiger charge is -2.41. The molecule has 0 aromatic heterocycles. The van der Waals surface area contributed by atoms with Crippen LogP contribution in [0.4, 0.5) is 0 Å². The minimum Gasteiger partial charge on any atom is -0.508 e. The molecule has 2 saturated carbocycles. The second-order valence-corrected chi connectivity index (χ2v) is 7.31. The van der Waals surface area contributed by atoms with Crippen LogP contribution in [0.1, 0.15) is 63.5 Å². The lowest BCUT2D eigenvalue weighted by molar-refractivity contribution is 0.0998. The highest BCUT2D eigenvalue weighted by Crippen LogP contribution is 2.40. The van der Waals surface area contributed by atoms with Crippen molar-refractivity contribution in [2.75, 3.05) is 0 Å². The Morgan fingerprint density at radius 1 is 1.00 bits per heavy atom. The first-order valence-corrected chi connectivity index (χ1v) is 8.86. The molecule has 3 rings (SSSR count). The second kappa shape index (κ2) is 7.01. The molecule has 5 atom stereocenters. The smallest absolute Gasteiger partial charge is 0.115 e. The average molecular weight is 303 g/mol. The van der Waals surface area contributed by atoms with Crippen LogP contribution in [0.5, 0.6) is 5.75 Å². The molecule has 0 bridgehead atoms. The van der Waals surface area contributed by atoms with Gasteiger partial charge in [-0.2, -0.15) is 0 Å². The lowest BCUT2D eigenvalue weighted by atomic mass is 9.69. The Balaban J connectivity index is 1.54. The van der Waals surface area contributed by atoms with Gasteiger partial charge in [0, 0.05) is 12.1 Å². The number of fused-ring (bicyclic) bond motifs is 1. The van der Waals surface area contributed by atoms with Crippen molar-refractivity contribution in [1.82, 2.24) is 5.32 Å².